The summed E-state index contributed by atoms with van der Waals surface area (Å²) in [5.41, 5.74) is 2.14. The maximum absolute atomic E-state index is 14.1. The van der Waals surface area contributed by atoms with Crippen molar-refractivity contribution in [2.24, 2.45) is 11.8 Å². The molecule has 9 nitrogen and oxygen atoms in total. The summed E-state index contributed by atoms with van der Waals surface area (Å²) in [5.74, 6) is -0.324. The summed E-state index contributed by atoms with van der Waals surface area (Å²) in [6, 6.07) is 8.68. The van der Waals surface area contributed by atoms with Gasteiger partial charge in [0.25, 0.3) is 0 Å². The third-order valence-electron chi connectivity index (χ3n) is 13.8. The molecule has 1 N–H and O–H groups in total. The van der Waals surface area contributed by atoms with Gasteiger partial charge in [-0.1, -0.05) is 79.8 Å². The van der Waals surface area contributed by atoms with Crippen molar-refractivity contribution in [3.05, 3.63) is 54.6 Å². The zero-order valence-corrected chi connectivity index (χ0v) is 40.3. The summed E-state index contributed by atoms with van der Waals surface area (Å²) in [5, 5.41) is 9.32. The smallest absolute Gasteiger partial charge is 0.192 e. The largest absolute Gasteiger partial charge is 0.414 e. The van der Waals surface area contributed by atoms with Gasteiger partial charge >= 0.3 is 0 Å². The fourth-order valence-electron chi connectivity index (χ4n) is 8.08. The van der Waals surface area contributed by atoms with Crippen molar-refractivity contribution in [1.29, 1.82) is 0 Å². The van der Waals surface area contributed by atoms with E-state index in [9.17, 15) is 13.5 Å². The van der Waals surface area contributed by atoms with Gasteiger partial charge in [-0.3, -0.25) is 0 Å². The molecular weight excluding hydrogens is 773 g/mol. The fraction of sp³-hybridized carbons (Fsp3) is 0.778. The second-order valence-electron chi connectivity index (χ2n) is 20.2. The summed E-state index contributed by atoms with van der Waals surface area (Å²) in [4.78, 5) is 0.297. The highest BCUT2D eigenvalue weighted by Gasteiger charge is 2.50. The van der Waals surface area contributed by atoms with Crippen LogP contribution in [0.15, 0.2) is 59.5 Å². The molecule has 0 aromatic heterocycles. The fourth-order valence-corrected chi connectivity index (χ4v) is 12.1. The molecule has 1 aromatic carbocycles. The first-order valence-corrected chi connectivity index (χ1v) is 28.9. The third kappa shape index (κ3) is 12.7. The molecule has 1 aromatic rings. The molecule has 0 bridgehead atoms. The van der Waals surface area contributed by atoms with Gasteiger partial charge in [0.15, 0.2) is 26.5 Å². The maximum atomic E-state index is 14.1. The predicted octanol–water partition coefficient (Wildman–Crippen LogP) is 9.67. The summed E-state index contributed by atoms with van der Waals surface area (Å²) in [6.07, 6.45) is 4.12. The molecule has 0 spiro atoms. The minimum Gasteiger partial charge on any atom is -0.414 e. The first-order valence-electron chi connectivity index (χ1n) is 21.4. The molecule has 326 valence electrons. The van der Waals surface area contributed by atoms with Crippen LogP contribution in [0, 0.1) is 11.8 Å². The molecule has 4 rings (SSSR count). The Morgan fingerprint density at radius 1 is 0.877 bits per heavy atom. The highest BCUT2D eigenvalue weighted by atomic mass is 32.2. The van der Waals surface area contributed by atoms with Crippen LogP contribution >= 0.6 is 0 Å². The molecule has 3 saturated heterocycles. The number of ether oxygens (including phenoxy) is 4. The van der Waals surface area contributed by atoms with E-state index in [-0.39, 0.29) is 58.9 Å². The Morgan fingerprint density at radius 3 is 2.11 bits per heavy atom. The Labute approximate surface area is 348 Å². The molecule has 10 atom stereocenters. The maximum Gasteiger partial charge on any atom is 0.192 e. The van der Waals surface area contributed by atoms with Gasteiger partial charge in [0.05, 0.1) is 66.1 Å². The average Bonchev–Trinajstić information content (AvgIpc) is 3.63. The number of rotatable bonds is 19. The van der Waals surface area contributed by atoms with E-state index in [1.165, 1.54) is 0 Å². The van der Waals surface area contributed by atoms with E-state index >= 15 is 0 Å². The van der Waals surface area contributed by atoms with Crippen LogP contribution in [0.4, 0.5) is 0 Å². The van der Waals surface area contributed by atoms with Crippen molar-refractivity contribution in [3.8, 4) is 0 Å². The van der Waals surface area contributed by atoms with Crippen molar-refractivity contribution in [2.45, 2.75) is 190 Å². The van der Waals surface area contributed by atoms with E-state index in [1.54, 1.807) is 31.4 Å². The number of hydrogen-bond acceptors (Lipinski definition) is 9. The predicted molar refractivity (Wildman–Crippen MR) is 235 cm³/mol. The Kier molecular flexibility index (Phi) is 16.7. The lowest BCUT2D eigenvalue weighted by Crippen LogP contribution is -2.49. The number of methoxy groups -OCH3 is 1. The zero-order chi connectivity index (χ0) is 42.6. The number of benzene rings is 1. The Bertz CT molecular complexity index is 1570. The van der Waals surface area contributed by atoms with Gasteiger partial charge in [-0.05, 0) is 104 Å². The van der Waals surface area contributed by atoms with Crippen molar-refractivity contribution in [3.63, 3.8) is 0 Å². The van der Waals surface area contributed by atoms with E-state index < -0.39 is 50.7 Å². The van der Waals surface area contributed by atoms with Crippen LogP contribution in [-0.2, 0) is 37.6 Å². The second-order valence-corrected chi connectivity index (χ2v) is 31.8. The van der Waals surface area contributed by atoms with Gasteiger partial charge in [0.2, 0.25) is 0 Å². The van der Waals surface area contributed by atoms with Crippen molar-refractivity contribution in [1.82, 2.24) is 0 Å². The molecule has 0 amide bonds. The number of aliphatic hydroxyl groups is 1. The molecule has 57 heavy (non-hydrogen) atoms. The highest BCUT2D eigenvalue weighted by Crippen LogP contribution is 2.44. The van der Waals surface area contributed by atoms with Gasteiger partial charge in [-0.25, -0.2) is 8.42 Å². The van der Waals surface area contributed by atoms with Crippen LogP contribution in [0.1, 0.15) is 99.8 Å². The zero-order valence-electron chi connectivity index (χ0n) is 37.5. The van der Waals surface area contributed by atoms with Crippen molar-refractivity contribution in [2.75, 3.05) is 26.1 Å². The standard InChI is InChI=1S/C45H78O9SSi2/c1-31-25-35(22-23-39-32(2)26-34(51-39)19-18-24-46)52-40(33(31)3)28-41-38(30-55(47,48)37-20-16-15-17-21-37)43(49-10)42(53-41)27-36(54-57(13,14)45(7,8)9)29-50-56(11,12)44(4,5)6/h15-17,20-21,31,34-36,38-43,46H,2-3,18-19,22-30H2,1,4-14H3/t31-,34?,35+,36-,38+,39+,40?,41?,42?,43-/m1/s1. The molecule has 3 aliphatic rings. The second kappa shape index (κ2) is 19.7. The van der Waals surface area contributed by atoms with E-state index in [4.69, 9.17) is 27.8 Å². The summed E-state index contributed by atoms with van der Waals surface area (Å²) in [7, 11) is -6.35. The van der Waals surface area contributed by atoms with Crippen LogP contribution in [0.3, 0.4) is 0 Å². The van der Waals surface area contributed by atoms with Gasteiger partial charge in [-0.15, -0.1) is 0 Å². The number of hydrogen-bond donors (Lipinski definition) is 1. The van der Waals surface area contributed by atoms with Gasteiger partial charge in [0, 0.05) is 32.5 Å². The molecule has 12 heteroatoms. The number of sulfone groups is 1. The van der Waals surface area contributed by atoms with Crippen molar-refractivity contribution < 1.29 is 41.3 Å². The SMILES string of the molecule is C=C1C(CC2OC(C[C@H](CO[Si](C)(C)C(C)(C)C)O[Si](C)(C)C(C)(C)C)[C@H](OC)[C@H]2CS(=O)(=O)c2ccccc2)O[C@@H](CC[C@@H]2OC(CCCO)CC2=C)C[C@H]1C. The third-order valence-corrected chi connectivity index (χ3v) is 24.7. The first-order chi connectivity index (χ1) is 26.4. The quantitative estimate of drug-likeness (QED) is 0.108. The average molecular weight is 851 g/mol. The van der Waals surface area contributed by atoms with Crippen molar-refractivity contribution >= 4 is 26.5 Å². The first kappa shape index (κ1) is 48.5. The molecule has 0 radical (unpaired) electrons. The molecule has 3 heterocycles. The van der Waals surface area contributed by atoms with Crippen LogP contribution in [0.5, 0.6) is 0 Å². The lowest BCUT2D eigenvalue weighted by Gasteiger charge is -2.42. The Morgan fingerprint density at radius 2 is 1.51 bits per heavy atom. The van der Waals surface area contributed by atoms with E-state index in [2.05, 4.69) is 87.8 Å². The normalized spacial score (nSPS) is 29.9. The molecular formula is C45H78O9SSi2. The van der Waals surface area contributed by atoms with Gasteiger partial charge < -0.3 is 32.9 Å². The van der Waals surface area contributed by atoms with E-state index in [0.29, 0.717) is 24.3 Å². The lowest BCUT2D eigenvalue weighted by molar-refractivity contribution is -0.0782. The van der Waals surface area contributed by atoms with Crippen LogP contribution in [-0.4, -0.2) is 105 Å². The molecule has 3 aliphatic heterocycles. The van der Waals surface area contributed by atoms with Gasteiger partial charge in [0.1, 0.15) is 0 Å². The lowest BCUT2D eigenvalue weighted by atomic mass is 9.83. The highest BCUT2D eigenvalue weighted by molar-refractivity contribution is 7.91. The number of aliphatic hydroxyl groups excluding tert-OH is 1. The molecule has 3 fully saturated rings. The monoisotopic (exact) mass is 850 g/mol. The summed E-state index contributed by atoms with van der Waals surface area (Å²) in [6.45, 7) is 34.2. The Balaban J connectivity index is 1.59. The summed E-state index contributed by atoms with van der Waals surface area (Å²) >= 11 is 0. The molecule has 4 unspecified atom stereocenters. The topological polar surface area (TPSA) is 110 Å². The van der Waals surface area contributed by atoms with Gasteiger partial charge in [-0.2, -0.15) is 0 Å². The molecule has 0 aliphatic carbocycles. The minimum absolute atomic E-state index is 0.000157. The molecule has 0 saturated carbocycles. The van der Waals surface area contributed by atoms with Crippen LogP contribution in [0.25, 0.3) is 0 Å². The van der Waals surface area contributed by atoms with E-state index in [1.807, 2.05) is 6.07 Å². The summed E-state index contributed by atoms with van der Waals surface area (Å²) < 4.78 is 68.6. The minimum atomic E-state index is -3.68. The Hall–Kier alpha value is -1.20. The van der Waals surface area contributed by atoms with E-state index in [0.717, 1.165) is 49.7 Å². The van der Waals surface area contributed by atoms with Crippen LogP contribution < -0.4 is 0 Å². The van der Waals surface area contributed by atoms with Crippen LogP contribution in [0.2, 0.25) is 36.3 Å².